The summed E-state index contributed by atoms with van der Waals surface area (Å²) in [7, 11) is 0. The molecule has 0 spiro atoms. The van der Waals surface area contributed by atoms with Gasteiger partial charge in [-0.2, -0.15) is 0 Å². The van der Waals surface area contributed by atoms with Crippen LogP contribution in [0.4, 0.5) is 0 Å². The molecule has 0 heterocycles. The number of carbonyl (C=O) groups is 2. The summed E-state index contributed by atoms with van der Waals surface area (Å²) >= 11 is 1.27. The number of ketones is 1. The van der Waals surface area contributed by atoms with Crippen LogP contribution in [0.25, 0.3) is 0 Å². The van der Waals surface area contributed by atoms with Crippen molar-refractivity contribution in [2.24, 2.45) is 17.8 Å². The van der Waals surface area contributed by atoms with Gasteiger partial charge >= 0.3 is 5.97 Å². The van der Waals surface area contributed by atoms with Gasteiger partial charge in [0.2, 0.25) is 0 Å². The van der Waals surface area contributed by atoms with Crippen molar-refractivity contribution in [1.82, 2.24) is 0 Å². The Balaban J connectivity index is 1.80. The van der Waals surface area contributed by atoms with Crippen LogP contribution in [-0.4, -0.2) is 50.3 Å². The minimum absolute atomic E-state index is 0.00352. The van der Waals surface area contributed by atoms with E-state index in [4.69, 9.17) is 5.11 Å². The van der Waals surface area contributed by atoms with E-state index in [2.05, 4.69) is 19.1 Å². The van der Waals surface area contributed by atoms with Gasteiger partial charge in [0, 0.05) is 18.1 Å². The molecular formula is C25H40O5S. The maximum Gasteiger partial charge on any atom is 0.316 e. The van der Waals surface area contributed by atoms with E-state index in [1.807, 2.05) is 12.2 Å². The molecule has 3 N–H and O–H groups in total. The molecule has 6 heteroatoms. The van der Waals surface area contributed by atoms with Crippen LogP contribution >= 0.6 is 11.8 Å². The van der Waals surface area contributed by atoms with Crippen LogP contribution in [0.1, 0.15) is 77.6 Å². The third-order valence-electron chi connectivity index (χ3n) is 6.65. The molecule has 0 amide bonds. The number of carbonyl (C=O) groups excluding carboxylic acids is 1. The van der Waals surface area contributed by atoms with Gasteiger partial charge in [0.05, 0.1) is 12.2 Å². The number of aliphatic hydroxyl groups excluding tert-OH is 1. The first-order chi connectivity index (χ1) is 14.9. The summed E-state index contributed by atoms with van der Waals surface area (Å²) in [6.07, 6.45) is 17.6. The Kier molecular flexibility index (Phi) is 11.3. The number of carboxylic acids is 1. The average molecular weight is 453 g/mol. The van der Waals surface area contributed by atoms with Crippen molar-refractivity contribution >= 4 is 23.5 Å². The van der Waals surface area contributed by atoms with E-state index in [1.54, 1.807) is 0 Å². The van der Waals surface area contributed by atoms with E-state index in [9.17, 15) is 19.8 Å². The van der Waals surface area contributed by atoms with Gasteiger partial charge in [0.1, 0.15) is 11.0 Å². The Morgan fingerprint density at radius 2 is 2.03 bits per heavy atom. The molecule has 0 aromatic rings. The van der Waals surface area contributed by atoms with Crippen molar-refractivity contribution in [3.05, 3.63) is 24.3 Å². The van der Waals surface area contributed by atoms with E-state index in [0.717, 1.165) is 38.5 Å². The molecule has 0 aliphatic heterocycles. The number of rotatable bonds is 16. The number of thioether (sulfide) groups is 1. The van der Waals surface area contributed by atoms with Crippen molar-refractivity contribution in [3.63, 3.8) is 0 Å². The molecule has 2 aliphatic carbocycles. The highest BCUT2D eigenvalue weighted by Crippen LogP contribution is 2.44. The fraction of sp³-hybridized carbons (Fsp3) is 0.760. The second kappa shape index (κ2) is 13.4. The van der Waals surface area contributed by atoms with Gasteiger partial charge in [-0.1, -0.05) is 44.1 Å². The largest absolute Gasteiger partial charge is 0.480 e. The van der Waals surface area contributed by atoms with E-state index in [-0.39, 0.29) is 18.4 Å². The summed E-state index contributed by atoms with van der Waals surface area (Å²) in [5, 5.41) is 28.6. The average Bonchev–Trinajstić information content (AvgIpc) is 3.55. The lowest BCUT2D eigenvalue weighted by Crippen LogP contribution is -2.30. The van der Waals surface area contributed by atoms with Gasteiger partial charge in [0.15, 0.2) is 0 Å². The van der Waals surface area contributed by atoms with E-state index in [1.165, 1.54) is 11.8 Å². The zero-order valence-corrected chi connectivity index (χ0v) is 19.7. The molecule has 176 valence electrons. The standard InChI is InChI=1S/C25H40O5S/c1-2-3-15-25(30,20-12-13-20)16-7-8-19-11-14-22(27)21(19)9-5-4-6-10-23(24(28)29)31-18-17-26/h4-5,7-8,19-21,23,26,30H,2-3,6,9-18H2,1H3,(H,28,29)/t19-,21+,23?,25?/m0/s1. The highest BCUT2D eigenvalue weighted by Gasteiger charge is 2.42. The minimum atomic E-state index is -0.840. The SMILES string of the molecule is CCCCC(O)(CC=C[C@H]1CCC(=O)[C@@H]1CC=CCCC(SCCO)C(=O)O)C1CC1. The quantitative estimate of drug-likeness (QED) is 0.292. The first-order valence-electron chi connectivity index (χ1n) is 11.9. The molecule has 0 radical (unpaired) electrons. The Morgan fingerprint density at radius 1 is 1.26 bits per heavy atom. The summed E-state index contributed by atoms with van der Waals surface area (Å²) in [5.41, 5.74) is -0.570. The molecule has 0 saturated heterocycles. The normalized spacial score (nSPS) is 24.8. The lowest BCUT2D eigenvalue weighted by atomic mass is 9.86. The Morgan fingerprint density at radius 3 is 2.68 bits per heavy atom. The van der Waals surface area contributed by atoms with Crippen LogP contribution in [0.2, 0.25) is 0 Å². The summed E-state index contributed by atoms with van der Waals surface area (Å²) < 4.78 is 0. The number of hydrogen-bond acceptors (Lipinski definition) is 5. The fourth-order valence-electron chi connectivity index (χ4n) is 4.58. The Labute approximate surface area is 191 Å². The number of unbranched alkanes of at least 4 members (excludes halogenated alkanes) is 1. The molecule has 4 atom stereocenters. The van der Waals surface area contributed by atoms with Crippen LogP contribution in [0.15, 0.2) is 24.3 Å². The van der Waals surface area contributed by atoms with E-state index < -0.39 is 16.8 Å². The molecule has 0 aromatic heterocycles. The predicted octanol–water partition coefficient (Wildman–Crippen LogP) is 4.76. The first-order valence-corrected chi connectivity index (χ1v) is 13.0. The van der Waals surface area contributed by atoms with Crippen LogP contribution in [0, 0.1) is 17.8 Å². The van der Waals surface area contributed by atoms with Crippen LogP contribution in [-0.2, 0) is 9.59 Å². The number of allylic oxidation sites excluding steroid dienone is 3. The summed E-state index contributed by atoms with van der Waals surface area (Å²) in [6.45, 7) is 2.14. The lowest BCUT2D eigenvalue weighted by molar-refractivity contribution is -0.136. The van der Waals surface area contributed by atoms with Crippen LogP contribution in [0.5, 0.6) is 0 Å². The maximum atomic E-state index is 12.4. The van der Waals surface area contributed by atoms with Gasteiger partial charge in [-0.15, -0.1) is 11.8 Å². The van der Waals surface area contributed by atoms with E-state index >= 15 is 0 Å². The molecule has 0 bridgehead atoms. The van der Waals surface area contributed by atoms with Crippen molar-refractivity contribution < 1.29 is 24.9 Å². The number of aliphatic carboxylic acids is 1. The highest BCUT2D eigenvalue weighted by atomic mass is 32.2. The second-order valence-corrected chi connectivity index (χ2v) is 10.4. The Hall–Kier alpha value is -1.11. The van der Waals surface area contributed by atoms with Crippen LogP contribution < -0.4 is 0 Å². The summed E-state index contributed by atoms with van der Waals surface area (Å²) in [4.78, 5) is 23.6. The molecule has 5 nitrogen and oxygen atoms in total. The van der Waals surface area contributed by atoms with Crippen molar-refractivity contribution in [2.45, 2.75) is 88.4 Å². The third kappa shape index (κ3) is 8.74. The first kappa shape index (κ1) is 26.1. The van der Waals surface area contributed by atoms with Gasteiger partial charge in [-0.05, 0) is 63.2 Å². The third-order valence-corrected chi connectivity index (χ3v) is 7.91. The monoisotopic (exact) mass is 452 g/mol. The van der Waals surface area contributed by atoms with Crippen LogP contribution in [0.3, 0.4) is 0 Å². The van der Waals surface area contributed by atoms with Crippen molar-refractivity contribution in [1.29, 1.82) is 0 Å². The molecule has 31 heavy (non-hydrogen) atoms. The smallest absolute Gasteiger partial charge is 0.316 e. The minimum Gasteiger partial charge on any atom is -0.480 e. The van der Waals surface area contributed by atoms with Crippen molar-refractivity contribution in [2.75, 3.05) is 12.4 Å². The maximum absolute atomic E-state index is 12.4. The second-order valence-electron chi connectivity index (χ2n) is 9.09. The van der Waals surface area contributed by atoms with E-state index in [0.29, 0.717) is 49.6 Å². The number of carboxylic acid groups (broad SMARTS) is 1. The van der Waals surface area contributed by atoms with Crippen molar-refractivity contribution in [3.8, 4) is 0 Å². The molecule has 0 aromatic carbocycles. The number of Topliss-reactive ketones (excluding diaryl/α,β-unsaturated/α-hetero) is 1. The zero-order valence-electron chi connectivity index (χ0n) is 18.9. The Bertz CT molecular complexity index is 627. The van der Waals surface area contributed by atoms with Gasteiger partial charge < -0.3 is 15.3 Å². The lowest BCUT2D eigenvalue weighted by Gasteiger charge is -2.27. The predicted molar refractivity (Wildman–Crippen MR) is 126 cm³/mol. The zero-order chi connectivity index (χ0) is 22.7. The molecular weight excluding hydrogens is 412 g/mol. The molecule has 2 rings (SSSR count). The van der Waals surface area contributed by atoms with Gasteiger partial charge in [-0.3, -0.25) is 9.59 Å². The fourth-order valence-corrected chi connectivity index (χ4v) is 5.41. The molecule has 2 saturated carbocycles. The molecule has 2 unspecified atom stereocenters. The van der Waals surface area contributed by atoms with Gasteiger partial charge in [0.25, 0.3) is 0 Å². The molecule has 2 fully saturated rings. The number of aliphatic hydroxyl groups is 2. The highest BCUT2D eigenvalue weighted by molar-refractivity contribution is 8.00. The molecule has 2 aliphatic rings. The number of hydrogen-bond donors (Lipinski definition) is 3. The summed E-state index contributed by atoms with van der Waals surface area (Å²) in [5.74, 6) is 0.574. The topological polar surface area (TPSA) is 94.8 Å². The van der Waals surface area contributed by atoms with Gasteiger partial charge in [-0.25, -0.2) is 0 Å². The summed E-state index contributed by atoms with van der Waals surface area (Å²) in [6, 6.07) is 0.